The lowest BCUT2D eigenvalue weighted by atomic mass is 10.0. The molecule has 0 radical (unpaired) electrons. The SMILES string of the molecule is Cc1cc(C)c(N2c3ccc(C)cc3COc3cc(C)ccc32)c(C)c1. The molecule has 0 amide bonds. The molecule has 26 heavy (non-hydrogen) atoms. The van der Waals surface area contributed by atoms with Crippen LogP contribution in [0.15, 0.2) is 48.5 Å². The Morgan fingerprint density at radius 3 is 2.00 bits per heavy atom. The predicted octanol–water partition coefficient (Wildman–Crippen LogP) is 6.59. The molecule has 2 nitrogen and oxygen atoms in total. The fourth-order valence-corrected chi connectivity index (χ4v) is 4.02. The van der Waals surface area contributed by atoms with Crippen LogP contribution in [-0.2, 0) is 6.61 Å². The first kappa shape index (κ1) is 16.7. The highest BCUT2D eigenvalue weighted by atomic mass is 16.5. The molecule has 1 heterocycles. The van der Waals surface area contributed by atoms with E-state index in [2.05, 4.69) is 88.0 Å². The van der Waals surface area contributed by atoms with Crippen LogP contribution in [0.5, 0.6) is 5.75 Å². The second kappa shape index (κ2) is 6.21. The molecule has 0 bridgehead atoms. The summed E-state index contributed by atoms with van der Waals surface area (Å²) in [5.74, 6) is 0.943. The second-order valence-electron chi connectivity index (χ2n) is 7.47. The molecule has 0 atom stereocenters. The minimum Gasteiger partial charge on any atom is -0.487 e. The molecule has 0 spiro atoms. The number of rotatable bonds is 1. The van der Waals surface area contributed by atoms with E-state index < -0.39 is 0 Å². The van der Waals surface area contributed by atoms with Crippen molar-refractivity contribution in [2.75, 3.05) is 4.90 Å². The third-order valence-corrected chi connectivity index (χ3v) is 5.07. The standard InChI is InChI=1S/C24H25NO/c1-15-6-8-21-20(12-15)14-26-23-13-16(2)7-9-22(23)25(21)24-18(4)10-17(3)11-19(24)5/h6-13H,14H2,1-5H3. The molecule has 1 aliphatic rings. The van der Waals surface area contributed by atoms with E-state index in [1.165, 1.54) is 44.8 Å². The van der Waals surface area contributed by atoms with Gasteiger partial charge < -0.3 is 9.64 Å². The van der Waals surface area contributed by atoms with Gasteiger partial charge in [-0.3, -0.25) is 0 Å². The molecule has 2 heteroatoms. The zero-order valence-electron chi connectivity index (χ0n) is 16.2. The summed E-state index contributed by atoms with van der Waals surface area (Å²) in [4.78, 5) is 2.38. The number of nitrogens with zero attached hydrogens (tertiary/aromatic N) is 1. The van der Waals surface area contributed by atoms with Crippen molar-refractivity contribution < 1.29 is 4.74 Å². The summed E-state index contributed by atoms with van der Waals surface area (Å²) in [6.45, 7) is 11.4. The Morgan fingerprint density at radius 1 is 0.692 bits per heavy atom. The second-order valence-corrected chi connectivity index (χ2v) is 7.47. The van der Waals surface area contributed by atoms with Gasteiger partial charge in [-0.2, -0.15) is 0 Å². The Labute approximate surface area is 156 Å². The Balaban J connectivity index is 2.04. The van der Waals surface area contributed by atoms with Crippen molar-refractivity contribution in [2.45, 2.75) is 41.2 Å². The Kier molecular flexibility index (Phi) is 3.99. The number of fused-ring (bicyclic) bond motifs is 2. The fraction of sp³-hybridized carbons (Fsp3) is 0.250. The van der Waals surface area contributed by atoms with Gasteiger partial charge in [0.1, 0.15) is 12.4 Å². The van der Waals surface area contributed by atoms with Gasteiger partial charge in [0.05, 0.1) is 17.1 Å². The molecule has 3 aromatic rings. The maximum atomic E-state index is 6.22. The molecule has 132 valence electrons. The van der Waals surface area contributed by atoms with Gasteiger partial charge in [0.25, 0.3) is 0 Å². The lowest BCUT2D eigenvalue weighted by Gasteiger charge is -2.29. The highest BCUT2D eigenvalue weighted by Crippen LogP contribution is 2.47. The van der Waals surface area contributed by atoms with Crippen molar-refractivity contribution in [3.8, 4) is 5.75 Å². The molecule has 0 aromatic heterocycles. The van der Waals surface area contributed by atoms with Crippen LogP contribution in [-0.4, -0.2) is 0 Å². The Hall–Kier alpha value is -2.74. The molecule has 0 N–H and O–H groups in total. The van der Waals surface area contributed by atoms with Crippen molar-refractivity contribution in [1.29, 1.82) is 0 Å². The molecule has 0 unspecified atom stereocenters. The van der Waals surface area contributed by atoms with Gasteiger partial charge in [-0.15, -0.1) is 0 Å². The minimum atomic E-state index is 0.591. The van der Waals surface area contributed by atoms with Crippen molar-refractivity contribution >= 4 is 17.1 Å². The van der Waals surface area contributed by atoms with Crippen LogP contribution in [0.2, 0.25) is 0 Å². The molecular formula is C24H25NO. The number of anilines is 3. The maximum absolute atomic E-state index is 6.22. The number of hydrogen-bond acceptors (Lipinski definition) is 2. The zero-order chi connectivity index (χ0) is 18.4. The normalized spacial score (nSPS) is 12.9. The quantitative estimate of drug-likeness (QED) is 0.494. The van der Waals surface area contributed by atoms with Crippen LogP contribution in [0.4, 0.5) is 17.1 Å². The van der Waals surface area contributed by atoms with Gasteiger partial charge in [-0.1, -0.05) is 41.5 Å². The Morgan fingerprint density at radius 2 is 1.31 bits per heavy atom. The largest absolute Gasteiger partial charge is 0.487 e. The van der Waals surface area contributed by atoms with E-state index in [9.17, 15) is 0 Å². The number of aryl methyl sites for hydroxylation is 5. The summed E-state index contributed by atoms with van der Waals surface area (Å²) < 4.78 is 6.22. The third kappa shape index (κ3) is 2.76. The molecule has 4 rings (SSSR count). The zero-order valence-corrected chi connectivity index (χ0v) is 16.2. The number of hydrogen-bond donors (Lipinski definition) is 0. The van der Waals surface area contributed by atoms with Crippen molar-refractivity contribution in [3.63, 3.8) is 0 Å². The average molecular weight is 343 g/mol. The molecule has 0 saturated heterocycles. The van der Waals surface area contributed by atoms with E-state index in [0.717, 1.165) is 11.4 Å². The number of ether oxygens (including phenoxy) is 1. The third-order valence-electron chi connectivity index (χ3n) is 5.07. The summed E-state index contributed by atoms with van der Waals surface area (Å²) in [6.07, 6.45) is 0. The van der Waals surface area contributed by atoms with Crippen LogP contribution in [0.25, 0.3) is 0 Å². The summed E-state index contributed by atoms with van der Waals surface area (Å²) in [5, 5.41) is 0. The molecule has 0 fully saturated rings. The van der Waals surface area contributed by atoms with Gasteiger partial charge in [-0.05, 0) is 69.5 Å². The van der Waals surface area contributed by atoms with Crippen LogP contribution < -0.4 is 9.64 Å². The average Bonchev–Trinajstić information content (AvgIpc) is 2.71. The monoisotopic (exact) mass is 343 g/mol. The van der Waals surface area contributed by atoms with Gasteiger partial charge in [0, 0.05) is 5.56 Å². The topological polar surface area (TPSA) is 12.5 Å². The first-order valence-electron chi connectivity index (χ1n) is 9.15. The summed E-state index contributed by atoms with van der Waals surface area (Å²) in [7, 11) is 0. The molecule has 3 aromatic carbocycles. The van der Waals surface area contributed by atoms with Crippen LogP contribution in [0.1, 0.15) is 33.4 Å². The van der Waals surface area contributed by atoms with Gasteiger partial charge >= 0.3 is 0 Å². The molecule has 0 saturated carbocycles. The van der Waals surface area contributed by atoms with E-state index in [-0.39, 0.29) is 0 Å². The molecule has 1 aliphatic heterocycles. The van der Waals surface area contributed by atoms with E-state index >= 15 is 0 Å². The van der Waals surface area contributed by atoms with E-state index in [4.69, 9.17) is 4.74 Å². The van der Waals surface area contributed by atoms with E-state index in [1.807, 2.05) is 0 Å². The first-order valence-corrected chi connectivity index (χ1v) is 9.15. The van der Waals surface area contributed by atoms with E-state index in [1.54, 1.807) is 0 Å². The van der Waals surface area contributed by atoms with Crippen LogP contribution in [0, 0.1) is 34.6 Å². The molecular weight excluding hydrogens is 318 g/mol. The van der Waals surface area contributed by atoms with Crippen molar-refractivity contribution in [3.05, 3.63) is 81.9 Å². The van der Waals surface area contributed by atoms with E-state index in [0.29, 0.717) is 6.61 Å². The lowest BCUT2D eigenvalue weighted by Crippen LogP contribution is -2.14. The van der Waals surface area contributed by atoms with Crippen LogP contribution in [0.3, 0.4) is 0 Å². The predicted molar refractivity (Wildman–Crippen MR) is 109 cm³/mol. The molecule has 0 aliphatic carbocycles. The fourth-order valence-electron chi connectivity index (χ4n) is 4.02. The van der Waals surface area contributed by atoms with Crippen LogP contribution >= 0.6 is 0 Å². The maximum Gasteiger partial charge on any atom is 0.144 e. The van der Waals surface area contributed by atoms with Crippen molar-refractivity contribution in [2.24, 2.45) is 0 Å². The Bertz CT molecular complexity index is 927. The van der Waals surface area contributed by atoms with Gasteiger partial charge in [-0.25, -0.2) is 0 Å². The first-order chi connectivity index (χ1) is 12.4. The highest BCUT2D eigenvalue weighted by Gasteiger charge is 2.25. The minimum absolute atomic E-state index is 0.591. The lowest BCUT2D eigenvalue weighted by molar-refractivity contribution is 0.310. The van der Waals surface area contributed by atoms with Crippen molar-refractivity contribution in [1.82, 2.24) is 0 Å². The van der Waals surface area contributed by atoms with Gasteiger partial charge in [0.15, 0.2) is 0 Å². The summed E-state index contributed by atoms with van der Waals surface area (Å²) >= 11 is 0. The highest BCUT2D eigenvalue weighted by molar-refractivity contribution is 5.85. The summed E-state index contributed by atoms with van der Waals surface area (Å²) in [5.41, 5.74) is 11.1. The summed E-state index contributed by atoms with van der Waals surface area (Å²) in [6, 6.07) is 17.6. The smallest absolute Gasteiger partial charge is 0.144 e. The number of benzene rings is 3. The van der Waals surface area contributed by atoms with Gasteiger partial charge in [0.2, 0.25) is 0 Å².